The lowest BCUT2D eigenvalue weighted by Crippen LogP contribution is -2.29. The smallest absolute Gasteiger partial charge is 0.329 e. The summed E-state index contributed by atoms with van der Waals surface area (Å²) < 4.78 is 4.76. The summed E-state index contributed by atoms with van der Waals surface area (Å²) in [5, 5.41) is 20.0. The standard InChI is InChI=1S/C12H15NO5/c14-10-3-1-9(2-4-10)7-11(15)13-5-6-18-8-12(16)17/h1-4,14H,5-8H2,(H,13,15)(H,16,17). The highest BCUT2D eigenvalue weighted by Crippen LogP contribution is 2.09. The van der Waals surface area contributed by atoms with E-state index in [1.54, 1.807) is 12.1 Å². The van der Waals surface area contributed by atoms with Crippen LogP contribution in [0.5, 0.6) is 5.75 Å². The Morgan fingerprint density at radius 2 is 1.89 bits per heavy atom. The second-order valence-electron chi connectivity index (χ2n) is 3.64. The molecule has 0 saturated carbocycles. The van der Waals surface area contributed by atoms with Crippen LogP contribution >= 0.6 is 0 Å². The Bertz CT molecular complexity index is 401. The largest absolute Gasteiger partial charge is 0.508 e. The van der Waals surface area contributed by atoms with Gasteiger partial charge in [0.05, 0.1) is 13.0 Å². The molecular weight excluding hydrogens is 238 g/mol. The van der Waals surface area contributed by atoms with Crippen molar-refractivity contribution in [3.05, 3.63) is 29.8 Å². The Morgan fingerprint density at radius 1 is 1.22 bits per heavy atom. The fourth-order valence-electron chi connectivity index (χ4n) is 1.28. The Balaban J connectivity index is 2.17. The van der Waals surface area contributed by atoms with Crippen molar-refractivity contribution in [3.8, 4) is 5.75 Å². The number of carbonyl (C=O) groups excluding carboxylic acids is 1. The van der Waals surface area contributed by atoms with Crippen molar-refractivity contribution < 1.29 is 24.5 Å². The summed E-state index contributed by atoms with van der Waals surface area (Å²) in [5.41, 5.74) is 0.789. The second-order valence-corrected chi connectivity index (χ2v) is 3.64. The third-order valence-corrected chi connectivity index (χ3v) is 2.10. The normalized spacial score (nSPS) is 10.0. The van der Waals surface area contributed by atoms with Crippen molar-refractivity contribution in [1.29, 1.82) is 0 Å². The predicted octanol–water partition coefficient (Wildman–Crippen LogP) is 0.152. The third-order valence-electron chi connectivity index (χ3n) is 2.10. The van der Waals surface area contributed by atoms with Gasteiger partial charge in [-0.1, -0.05) is 12.1 Å². The number of phenolic OH excluding ortho intramolecular Hbond substituents is 1. The molecule has 0 aliphatic rings. The lowest BCUT2D eigenvalue weighted by Gasteiger charge is -2.05. The van der Waals surface area contributed by atoms with Crippen LogP contribution in [0, 0.1) is 0 Å². The van der Waals surface area contributed by atoms with Gasteiger partial charge in [0.1, 0.15) is 12.4 Å². The lowest BCUT2D eigenvalue weighted by atomic mass is 10.1. The van der Waals surface area contributed by atoms with Crippen molar-refractivity contribution in [2.24, 2.45) is 0 Å². The number of carbonyl (C=O) groups is 2. The van der Waals surface area contributed by atoms with E-state index < -0.39 is 5.97 Å². The van der Waals surface area contributed by atoms with Crippen molar-refractivity contribution in [2.45, 2.75) is 6.42 Å². The van der Waals surface area contributed by atoms with Gasteiger partial charge in [-0.2, -0.15) is 0 Å². The van der Waals surface area contributed by atoms with Crippen molar-refractivity contribution >= 4 is 11.9 Å². The van der Waals surface area contributed by atoms with Gasteiger partial charge in [-0.15, -0.1) is 0 Å². The molecule has 6 nitrogen and oxygen atoms in total. The van der Waals surface area contributed by atoms with Crippen molar-refractivity contribution in [3.63, 3.8) is 0 Å². The molecule has 0 aliphatic heterocycles. The molecule has 0 unspecified atom stereocenters. The van der Waals surface area contributed by atoms with Gasteiger partial charge in [0.2, 0.25) is 5.91 Å². The lowest BCUT2D eigenvalue weighted by molar-refractivity contribution is -0.142. The second kappa shape index (κ2) is 7.29. The summed E-state index contributed by atoms with van der Waals surface area (Å²) in [6.45, 7) is 0.0612. The SMILES string of the molecule is O=C(O)COCCNC(=O)Cc1ccc(O)cc1. The van der Waals surface area contributed by atoms with E-state index in [2.05, 4.69) is 5.32 Å². The first-order valence-electron chi connectivity index (χ1n) is 5.42. The van der Waals surface area contributed by atoms with E-state index in [1.807, 2.05) is 0 Å². The van der Waals surface area contributed by atoms with Crippen LogP contribution in [-0.2, 0) is 20.7 Å². The molecular formula is C12H15NO5. The number of hydrogen-bond donors (Lipinski definition) is 3. The number of amides is 1. The minimum absolute atomic E-state index is 0.154. The van der Waals surface area contributed by atoms with E-state index in [9.17, 15) is 9.59 Å². The summed E-state index contributed by atoms with van der Waals surface area (Å²) in [5.74, 6) is -1.06. The molecule has 0 atom stereocenters. The number of aromatic hydroxyl groups is 1. The Kier molecular flexibility index (Phi) is 5.66. The number of rotatable bonds is 7. The molecule has 0 saturated heterocycles. The number of nitrogens with one attached hydrogen (secondary N) is 1. The first-order chi connectivity index (χ1) is 8.58. The minimum Gasteiger partial charge on any atom is -0.508 e. The van der Waals surface area contributed by atoms with Gasteiger partial charge in [0, 0.05) is 6.54 Å². The maximum atomic E-state index is 11.4. The van der Waals surface area contributed by atoms with E-state index in [4.69, 9.17) is 14.9 Å². The van der Waals surface area contributed by atoms with Crippen LogP contribution in [0.3, 0.4) is 0 Å². The quantitative estimate of drug-likeness (QED) is 0.601. The zero-order valence-electron chi connectivity index (χ0n) is 9.76. The maximum Gasteiger partial charge on any atom is 0.329 e. The first-order valence-corrected chi connectivity index (χ1v) is 5.42. The van der Waals surface area contributed by atoms with Gasteiger partial charge in [0.25, 0.3) is 0 Å². The summed E-state index contributed by atoms with van der Waals surface area (Å²) in [6, 6.07) is 6.35. The number of aliphatic carboxylic acids is 1. The van der Waals surface area contributed by atoms with Gasteiger partial charge in [0.15, 0.2) is 0 Å². The van der Waals surface area contributed by atoms with E-state index in [0.29, 0.717) is 0 Å². The van der Waals surface area contributed by atoms with Crippen molar-refractivity contribution in [1.82, 2.24) is 5.32 Å². The molecule has 0 fully saturated rings. The molecule has 1 rings (SSSR count). The number of benzene rings is 1. The van der Waals surface area contributed by atoms with Gasteiger partial charge >= 0.3 is 5.97 Å². The maximum absolute atomic E-state index is 11.4. The van der Waals surface area contributed by atoms with E-state index >= 15 is 0 Å². The van der Waals surface area contributed by atoms with E-state index in [1.165, 1.54) is 12.1 Å². The van der Waals surface area contributed by atoms with Gasteiger partial charge in [-0.05, 0) is 17.7 Å². The zero-order chi connectivity index (χ0) is 13.4. The topological polar surface area (TPSA) is 95.9 Å². The molecule has 0 aliphatic carbocycles. The molecule has 1 aromatic carbocycles. The number of ether oxygens (including phenoxy) is 1. The molecule has 0 bridgehead atoms. The van der Waals surface area contributed by atoms with Gasteiger partial charge in [-0.25, -0.2) is 4.79 Å². The highest BCUT2D eigenvalue weighted by molar-refractivity contribution is 5.78. The number of carboxylic acid groups (broad SMARTS) is 1. The predicted molar refractivity (Wildman–Crippen MR) is 63.3 cm³/mol. The van der Waals surface area contributed by atoms with Crippen LogP contribution in [0.15, 0.2) is 24.3 Å². The number of carboxylic acids is 1. The molecule has 0 radical (unpaired) electrons. The molecule has 18 heavy (non-hydrogen) atoms. The van der Waals surface area contributed by atoms with Crippen LogP contribution in [0.25, 0.3) is 0 Å². The molecule has 0 spiro atoms. The number of hydrogen-bond acceptors (Lipinski definition) is 4. The average molecular weight is 253 g/mol. The van der Waals surface area contributed by atoms with Crippen LogP contribution < -0.4 is 5.32 Å². The zero-order valence-corrected chi connectivity index (χ0v) is 9.76. The molecule has 0 aromatic heterocycles. The van der Waals surface area contributed by atoms with E-state index in [0.717, 1.165) is 5.56 Å². The Labute approximate surface area is 104 Å². The fraction of sp³-hybridized carbons (Fsp3) is 0.333. The van der Waals surface area contributed by atoms with Gasteiger partial charge < -0.3 is 20.3 Å². The molecule has 3 N–H and O–H groups in total. The average Bonchev–Trinajstić information content (AvgIpc) is 2.31. The third kappa shape index (κ3) is 5.86. The molecule has 0 heterocycles. The van der Waals surface area contributed by atoms with Crippen LogP contribution in [0.1, 0.15) is 5.56 Å². The molecule has 98 valence electrons. The Morgan fingerprint density at radius 3 is 2.50 bits per heavy atom. The Hall–Kier alpha value is -2.08. The summed E-state index contributed by atoms with van der Waals surface area (Å²) in [6.07, 6.45) is 0.208. The minimum atomic E-state index is -1.04. The molecule has 1 amide bonds. The molecule has 6 heteroatoms. The van der Waals surface area contributed by atoms with Crippen molar-refractivity contribution in [2.75, 3.05) is 19.8 Å². The summed E-state index contributed by atoms with van der Waals surface area (Å²) in [7, 11) is 0. The summed E-state index contributed by atoms with van der Waals surface area (Å²) in [4.78, 5) is 21.6. The fourth-order valence-corrected chi connectivity index (χ4v) is 1.28. The van der Waals surface area contributed by atoms with Gasteiger partial charge in [-0.3, -0.25) is 4.79 Å². The summed E-state index contributed by atoms with van der Waals surface area (Å²) >= 11 is 0. The van der Waals surface area contributed by atoms with E-state index in [-0.39, 0.29) is 37.8 Å². The first kappa shape index (κ1) is 14.0. The highest BCUT2D eigenvalue weighted by Gasteiger charge is 2.03. The van der Waals surface area contributed by atoms with Crippen LogP contribution in [0.4, 0.5) is 0 Å². The monoisotopic (exact) mass is 253 g/mol. The molecule has 1 aromatic rings. The van der Waals surface area contributed by atoms with Crippen LogP contribution in [0.2, 0.25) is 0 Å². The van der Waals surface area contributed by atoms with Crippen LogP contribution in [-0.4, -0.2) is 41.8 Å². The highest BCUT2D eigenvalue weighted by atomic mass is 16.5. The number of phenols is 1.